The first-order valence-corrected chi connectivity index (χ1v) is 5.65. The molecule has 4 aliphatic carbocycles. The number of carbonyl (C=O) groups excluding carboxylic acids is 1. The van der Waals surface area contributed by atoms with Crippen molar-refractivity contribution in [1.82, 2.24) is 0 Å². The normalized spacial score (nSPS) is 44.1. The molecule has 0 heterocycles. The highest BCUT2D eigenvalue weighted by Gasteiger charge is 2.44. The van der Waals surface area contributed by atoms with Crippen molar-refractivity contribution in [3.8, 4) is 0 Å². The summed E-state index contributed by atoms with van der Waals surface area (Å²) in [4.78, 5) is 10.6. The number of carbonyl (C=O) groups is 1. The van der Waals surface area contributed by atoms with E-state index in [-0.39, 0.29) is 0 Å². The molecular weight excluding hydrogens is 176 g/mol. The first-order chi connectivity index (χ1) is 6.72. The standard InChI is InChI=1S/C12H16O2/c13-12(14)6-11-9-2-7-1-8(4-9)5-10(11)3-7/h6-10H,1-5H2,(H,13,14)/p-1. The van der Waals surface area contributed by atoms with Crippen LogP contribution in [0.15, 0.2) is 11.6 Å². The summed E-state index contributed by atoms with van der Waals surface area (Å²) in [6.07, 6.45) is 7.77. The van der Waals surface area contributed by atoms with Gasteiger partial charge in [-0.2, -0.15) is 0 Å². The Hall–Kier alpha value is -0.790. The van der Waals surface area contributed by atoms with Gasteiger partial charge in [-0.1, -0.05) is 5.57 Å². The molecule has 0 aromatic heterocycles. The van der Waals surface area contributed by atoms with E-state index in [0.29, 0.717) is 11.8 Å². The quantitative estimate of drug-likeness (QED) is 0.583. The van der Waals surface area contributed by atoms with Crippen LogP contribution in [-0.2, 0) is 4.79 Å². The predicted molar refractivity (Wildman–Crippen MR) is 50.1 cm³/mol. The van der Waals surface area contributed by atoms with Gasteiger partial charge >= 0.3 is 0 Å². The molecule has 4 saturated carbocycles. The van der Waals surface area contributed by atoms with E-state index in [4.69, 9.17) is 0 Å². The Morgan fingerprint density at radius 1 is 1.07 bits per heavy atom. The van der Waals surface area contributed by atoms with Gasteiger partial charge in [0.05, 0.1) is 5.97 Å². The van der Waals surface area contributed by atoms with Crippen molar-refractivity contribution in [1.29, 1.82) is 0 Å². The molecule has 0 saturated heterocycles. The summed E-state index contributed by atoms with van der Waals surface area (Å²) >= 11 is 0. The number of hydrogen-bond acceptors (Lipinski definition) is 2. The Kier molecular flexibility index (Phi) is 1.73. The molecule has 0 radical (unpaired) electrons. The molecule has 2 heteroatoms. The smallest absolute Gasteiger partial charge is 0.0642 e. The Balaban J connectivity index is 1.91. The molecule has 4 bridgehead atoms. The molecule has 0 aromatic rings. The summed E-state index contributed by atoms with van der Waals surface area (Å²) in [5, 5.41) is 10.6. The van der Waals surface area contributed by atoms with Gasteiger partial charge in [0, 0.05) is 0 Å². The van der Waals surface area contributed by atoms with Crippen LogP contribution in [0.1, 0.15) is 32.1 Å². The van der Waals surface area contributed by atoms with Gasteiger partial charge in [0.2, 0.25) is 0 Å². The SMILES string of the molecule is O=C([O-])C=C1C2CC3CC(C2)CC1C3. The third kappa shape index (κ3) is 1.20. The van der Waals surface area contributed by atoms with Crippen molar-refractivity contribution in [2.45, 2.75) is 32.1 Å². The summed E-state index contributed by atoms with van der Waals surface area (Å²) < 4.78 is 0. The molecule has 2 nitrogen and oxygen atoms in total. The van der Waals surface area contributed by atoms with Crippen molar-refractivity contribution in [2.24, 2.45) is 23.7 Å². The first kappa shape index (κ1) is 8.51. The molecule has 14 heavy (non-hydrogen) atoms. The Bertz CT molecular complexity index is 273. The van der Waals surface area contributed by atoms with Gasteiger partial charge in [0.15, 0.2) is 0 Å². The van der Waals surface area contributed by atoms with E-state index in [2.05, 4.69) is 0 Å². The van der Waals surface area contributed by atoms with Gasteiger partial charge < -0.3 is 9.90 Å². The van der Waals surface area contributed by atoms with Crippen LogP contribution in [0.5, 0.6) is 0 Å². The second kappa shape index (κ2) is 2.85. The molecule has 0 amide bonds. The zero-order valence-electron chi connectivity index (χ0n) is 8.24. The molecule has 4 fully saturated rings. The van der Waals surface area contributed by atoms with Crippen LogP contribution in [0.4, 0.5) is 0 Å². The lowest BCUT2D eigenvalue weighted by atomic mass is 9.54. The third-order valence-electron chi connectivity index (χ3n) is 4.37. The number of hydrogen-bond donors (Lipinski definition) is 0. The molecular formula is C12H15O2-. The Labute approximate surface area is 84.0 Å². The summed E-state index contributed by atoms with van der Waals surface area (Å²) in [6.45, 7) is 0. The van der Waals surface area contributed by atoms with E-state index in [9.17, 15) is 9.90 Å². The highest BCUT2D eigenvalue weighted by Crippen LogP contribution is 2.56. The van der Waals surface area contributed by atoms with Crippen molar-refractivity contribution in [3.05, 3.63) is 11.6 Å². The van der Waals surface area contributed by atoms with Crippen LogP contribution < -0.4 is 5.11 Å². The van der Waals surface area contributed by atoms with Gasteiger partial charge in [-0.3, -0.25) is 0 Å². The lowest BCUT2D eigenvalue weighted by Crippen LogP contribution is -2.41. The fraction of sp³-hybridized carbons (Fsp3) is 0.750. The topological polar surface area (TPSA) is 40.1 Å². The highest BCUT2D eigenvalue weighted by atomic mass is 16.4. The number of carboxylic acid groups (broad SMARTS) is 1. The average molecular weight is 191 g/mol. The maximum Gasteiger partial charge on any atom is 0.0642 e. The summed E-state index contributed by atoms with van der Waals surface area (Å²) in [5.74, 6) is 1.98. The number of allylic oxidation sites excluding steroid dienone is 1. The molecule has 0 atom stereocenters. The van der Waals surface area contributed by atoms with Crippen molar-refractivity contribution in [2.75, 3.05) is 0 Å². The van der Waals surface area contributed by atoms with E-state index in [0.717, 1.165) is 11.8 Å². The van der Waals surface area contributed by atoms with Crippen LogP contribution in [0.3, 0.4) is 0 Å². The van der Waals surface area contributed by atoms with Crippen LogP contribution in [0, 0.1) is 23.7 Å². The summed E-state index contributed by atoms with van der Waals surface area (Å²) in [7, 11) is 0. The molecule has 0 N–H and O–H groups in total. The molecule has 4 rings (SSSR count). The third-order valence-corrected chi connectivity index (χ3v) is 4.37. The molecule has 0 aliphatic heterocycles. The van der Waals surface area contributed by atoms with E-state index >= 15 is 0 Å². The van der Waals surface area contributed by atoms with Crippen molar-refractivity contribution < 1.29 is 9.90 Å². The van der Waals surface area contributed by atoms with E-state index in [1.807, 2.05) is 0 Å². The van der Waals surface area contributed by atoms with Crippen LogP contribution in [0.2, 0.25) is 0 Å². The molecule has 0 unspecified atom stereocenters. The number of carboxylic acids is 1. The maximum absolute atomic E-state index is 10.6. The lowest BCUT2D eigenvalue weighted by molar-refractivity contribution is -0.297. The monoisotopic (exact) mass is 191 g/mol. The van der Waals surface area contributed by atoms with Gasteiger partial charge in [0.25, 0.3) is 0 Å². The van der Waals surface area contributed by atoms with Gasteiger partial charge in [-0.05, 0) is 61.9 Å². The maximum atomic E-state index is 10.6. The fourth-order valence-corrected chi connectivity index (χ4v) is 4.10. The van der Waals surface area contributed by atoms with E-state index in [1.165, 1.54) is 43.8 Å². The minimum absolute atomic E-state index is 0.587. The van der Waals surface area contributed by atoms with Crippen LogP contribution >= 0.6 is 0 Å². The number of rotatable bonds is 1. The van der Waals surface area contributed by atoms with Gasteiger partial charge in [0.1, 0.15) is 0 Å². The Morgan fingerprint density at radius 2 is 1.57 bits per heavy atom. The van der Waals surface area contributed by atoms with Crippen LogP contribution in [-0.4, -0.2) is 5.97 Å². The minimum atomic E-state index is -0.993. The molecule has 0 aromatic carbocycles. The average Bonchev–Trinajstić information content (AvgIpc) is 2.09. The molecule has 0 spiro atoms. The zero-order valence-corrected chi connectivity index (χ0v) is 8.24. The minimum Gasteiger partial charge on any atom is -0.545 e. The second-order valence-electron chi connectivity index (χ2n) is 5.27. The van der Waals surface area contributed by atoms with Crippen molar-refractivity contribution >= 4 is 5.97 Å². The molecule has 76 valence electrons. The highest BCUT2D eigenvalue weighted by molar-refractivity contribution is 5.79. The van der Waals surface area contributed by atoms with Crippen molar-refractivity contribution in [3.63, 3.8) is 0 Å². The second-order valence-corrected chi connectivity index (χ2v) is 5.27. The fourth-order valence-electron chi connectivity index (χ4n) is 4.10. The van der Waals surface area contributed by atoms with Crippen LogP contribution in [0.25, 0.3) is 0 Å². The van der Waals surface area contributed by atoms with E-state index < -0.39 is 5.97 Å². The van der Waals surface area contributed by atoms with Gasteiger partial charge in [-0.25, -0.2) is 0 Å². The predicted octanol–water partition coefficient (Wildman–Crippen LogP) is 1.12. The number of aliphatic carboxylic acids is 1. The zero-order chi connectivity index (χ0) is 9.71. The largest absolute Gasteiger partial charge is 0.545 e. The summed E-state index contributed by atoms with van der Waals surface area (Å²) in [6, 6.07) is 0. The van der Waals surface area contributed by atoms with E-state index in [1.54, 1.807) is 0 Å². The molecule has 4 aliphatic rings. The first-order valence-electron chi connectivity index (χ1n) is 5.65. The lowest BCUT2D eigenvalue weighted by Gasteiger charge is -2.51. The summed E-state index contributed by atoms with van der Waals surface area (Å²) in [5.41, 5.74) is 1.21. The Morgan fingerprint density at radius 3 is 2.00 bits per heavy atom. The van der Waals surface area contributed by atoms with Gasteiger partial charge in [-0.15, -0.1) is 0 Å².